The van der Waals surface area contributed by atoms with Crippen molar-refractivity contribution in [1.82, 2.24) is 5.32 Å². The number of alkyl halides is 1. The number of rotatable bonds is 7. The molecule has 0 spiro atoms. The summed E-state index contributed by atoms with van der Waals surface area (Å²) in [5, 5.41) is 3.58. The third kappa shape index (κ3) is 5.14. The van der Waals surface area contributed by atoms with E-state index in [9.17, 15) is 4.79 Å². The van der Waals surface area contributed by atoms with E-state index in [-0.39, 0.29) is 5.91 Å². The molecule has 6 heteroatoms. The largest absolute Gasteiger partial charge is 0.444 e. The smallest absolute Gasteiger partial charge is 0.287 e. The van der Waals surface area contributed by atoms with E-state index in [1.807, 2.05) is 0 Å². The second kappa shape index (κ2) is 7.86. The van der Waals surface area contributed by atoms with E-state index in [4.69, 9.17) is 9.15 Å². The lowest BCUT2D eigenvalue weighted by atomic mass is 10.4. The molecule has 1 aromatic heterocycles. The molecule has 0 fully saturated rings. The highest BCUT2D eigenvalue weighted by Gasteiger charge is 2.08. The number of ether oxygens (including phenoxy) is 1. The predicted octanol–water partition coefficient (Wildman–Crippen LogP) is 2.57. The van der Waals surface area contributed by atoms with Crippen LogP contribution in [0.25, 0.3) is 0 Å². The first-order chi connectivity index (χ1) is 7.74. The Balaban J connectivity index is 2.11. The molecule has 1 amide bonds. The number of amides is 1. The highest BCUT2D eigenvalue weighted by molar-refractivity contribution is 9.10. The van der Waals surface area contributed by atoms with Crippen LogP contribution in [0.5, 0.6) is 0 Å². The standard InChI is InChI=1S/C10H13Br2NO3/c11-4-7-15-6-1-5-13-10(14)8-2-3-9(12)16-8/h2-3H,1,4-7H2,(H,13,14). The average Bonchev–Trinajstić information content (AvgIpc) is 2.70. The molecule has 16 heavy (non-hydrogen) atoms. The van der Waals surface area contributed by atoms with E-state index in [0.717, 1.165) is 11.8 Å². The Morgan fingerprint density at radius 1 is 1.44 bits per heavy atom. The Labute approximate surface area is 111 Å². The Morgan fingerprint density at radius 2 is 2.25 bits per heavy atom. The van der Waals surface area contributed by atoms with Crippen LogP contribution in [0, 0.1) is 0 Å². The lowest BCUT2D eigenvalue weighted by Gasteiger charge is -2.03. The van der Waals surface area contributed by atoms with Crippen molar-refractivity contribution in [2.24, 2.45) is 0 Å². The predicted molar refractivity (Wildman–Crippen MR) is 68.0 cm³/mol. The molecule has 1 heterocycles. The topological polar surface area (TPSA) is 51.5 Å². The van der Waals surface area contributed by atoms with Crippen molar-refractivity contribution in [3.63, 3.8) is 0 Å². The fourth-order valence-corrected chi connectivity index (χ4v) is 1.59. The minimum atomic E-state index is -0.203. The van der Waals surface area contributed by atoms with E-state index in [1.54, 1.807) is 12.1 Å². The van der Waals surface area contributed by atoms with Crippen LogP contribution in [0.3, 0.4) is 0 Å². The van der Waals surface area contributed by atoms with Gasteiger partial charge in [-0.3, -0.25) is 4.79 Å². The van der Waals surface area contributed by atoms with Crippen molar-refractivity contribution < 1.29 is 13.9 Å². The number of halogens is 2. The summed E-state index contributed by atoms with van der Waals surface area (Å²) in [5.74, 6) is 0.111. The summed E-state index contributed by atoms with van der Waals surface area (Å²) in [6, 6.07) is 3.31. The molecule has 0 atom stereocenters. The number of furan rings is 1. The van der Waals surface area contributed by atoms with Crippen LogP contribution in [0.15, 0.2) is 21.2 Å². The van der Waals surface area contributed by atoms with Crippen LogP contribution in [0.4, 0.5) is 0 Å². The van der Waals surface area contributed by atoms with Gasteiger partial charge in [-0.05, 0) is 34.5 Å². The summed E-state index contributed by atoms with van der Waals surface area (Å²) < 4.78 is 10.9. The average molecular weight is 355 g/mol. The zero-order valence-electron chi connectivity index (χ0n) is 8.67. The molecule has 90 valence electrons. The van der Waals surface area contributed by atoms with Gasteiger partial charge < -0.3 is 14.5 Å². The van der Waals surface area contributed by atoms with Gasteiger partial charge in [0.15, 0.2) is 10.4 Å². The van der Waals surface area contributed by atoms with Gasteiger partial charge in [-0.15, -0.1) is 0 Å². The fraction of sp³-hybridized carbons (Fsp3) is 0.500. The zero-order chi connectivity index (χ0) is 11.8. The molecule has 1 rings (SSSR count). The van der Waals surface area contributed by atoms with Crippen LogP contribution < -0.4 is 5.32 Å². The van der Waals surface area contributed by atoms with E-state index in [1.165, 1.54) is 0 Å². The van der Waals surface area contributed by atoms with Gasteiger partial charge in [0.05, 0.1) is 6.61 Å². The molecule has 0 saturated carbocycles. The normalized spacial score (nSPS) is 10.4. The van der Waals surface area contributed by atoms with Crippen molar-refractivity contribution in [2.75, 3.05) is 25.1 Å². The van der Waals surface area contributed by atoms with Gasteiger partial charge in [-0.25, -0.2) is 0 Å². The van der Waals surface area contributed by atoms with Crippen LogP contribution in [-0.4, -0.2) is 31.0 Å². The van der Waals surface area contributed by atoms with E-state index in [0.29, 0.717) is 30.2 Å². The number of nitrogens with one attached hydrogen (secondary N) is 1. The summed E-state index contributed by atoms with van der Waals surface area (Å²) in [6.07, 6.45) is 0.792. The Bertz CT molecular complexity index is 328. The van der Waals surface area contributed by atoms with Crippen molar-refractivity contribution in [1.29, 1.82) is 0 Å². The van der Waals surface area contributed by atoms with Crippen LogP contribution in [-0.2, 0) is 4.74 Å². The third-order valence-corrected chi connectivity index (χ3v) is 2.52. The molecule has 0 saturated heterocycles. The molecule has 0 bridgehead atoms. The summed E-state index contributed by atoms with van der Waals surface area (Å²) in [7, 11) is 0. The highest BCUT2D eigenvalue weighted by atomic mass is 79.9. The molecule has 0 aliphatic heterocycles. The molecule has 0 aliphatic rings. The zero-order valence-corrected chi connectivity index (χ0v) is 11.8. The third-order valence-electron chi connectivity index (χ3n) is 1.77. The molecule has 1 aromatic rings. The van der Waals surface area contributed by atoms with Crippen LogP contribution >= 0.6 is 31.9 Å². The lowest BCUT2D eigenvalue weighted by Crippen LogP contribution is -2.24. The molecule has 0 radical (unpaired) electrons. The number of hydrogen-bond acceptors (Lipinski definition) is 3. The van der Waals surface area contributed by atoms with Crippen LogP contribution in [0.1, 0.15) is 17.0 Å². The Morgan fingerprint density at radius 3 is 2.88 bits per heavy atom. The van der Waals surface area contributed by atoms with Gasteiger partial charge in [0.2, 0.25) is 0 Å². The fourth-order valence-electron chi connectivity index (χ4n) is 1.06. The number of carbonyl (C=O) groups is 1. The molecular formula is C10H13Br2NO3. The second-order valence-corrected chi connectivity index (χ2v) is 4.59. The molecule has 0 aromatic carbocycles. The number of carbonyl (C=O) groups excluding carboxylic acids is 1. The minimum Gasteiger partial charge on any atom is -0.444 e. The molecule has 4 nitrogen and oxygen atoms in total. The summed E-state index contributed by atoms with van der Waals surface area (Å²) in [6.45, 7) is 1.92. The van der Waals surface area contributed by atoms with Gasteiger partial charge in [0, 0.05) is 18.5 Å². The van der Waals surface area contributed by atoms with Crippen molar-refractivity contribution >= 4 is 37.8 Å². The van der Waals surface area contributed by atoms with Gasteiger partial charge in [0.1, 0.15) is 0 Å². The van der Waals surface area contributed by atoms with E-state index in [2.05, 4.69) is 37.2 Å². The van der Waals surface area contributed by atoms with Gasteiger partial charge >= 0.3 is 0 Å². The quantitative estimate of drug-likeness (QED) is 0.604. The second-order valence-electron chi connectivity index (χ2n) is 3.01. The minimum absolute atomic E-state index is 0.203. The first kappa shape index (κ1) is 13.7. The first-order valence-corrected chi connectivity index (χ1v) is 6.82. The van der Waals surface area contributed by atoms with Crippen molar-refractivity contribution in [3.8, 4) is 0 Å². The molecule has 0 unspecified atom stereocenters. The van der Waals surface area contributed by atoms with Gasteiger partial charge in [-0.2, -0.15) is 0 Å². The molecule has 1 N–H and O–H groups in total. The summed E-state index contributed by atoms with van der Waals surface area (Å²) in [5.41, 5.74) is 0. The Hall–Kier alpha value is -0.330. The maximum absolute atomic E-state index is 11.5. The molecule has 0 aliphatic carbocycles. The van der Waals surface area contributed by atoms with E-state index < -0.39 is 0 Å². The summed E-state index contributed by atoms with van der Waals surface area (Å²) >= 11 is 6.40. The Kier molecular flexibility index (Phi) is 6.75. The van der Waals surface area contributed by atoms with Crippen molar-refractivity contribution in [2.45, 2.75) is 6.42 Å². The summed E-state index contributed by atoms with van der Waals surface area (Å²) in [4.78, 5) is 11.5. The first-order valence-electron chi connectivity index (χ1n) is 4.91. The van der Waals surface area contributed by atoms with Crippen LogP contribution in [0.2, 0.25) is 0 Å². The van der Waals surface area contributed by atoms with Gasteiger partial charge in [0.25, 0.3) is 5.91 Å². The van der Waals surface area contributed by atoms with Gasteiger partial charge in [-0.1, -0.05) is 15.9 Å². The molecular weight excluding hydrogens is 342 g/mol. The highest BCUT2D eigenvalue weighted by Crippen LogP contribution is 2.13. The maximum atomic E-state index is 11.5. The monoisotopic (exact) mass is 353 g/mol. The van der Waals surface area contributed by atoms with E-state index >= 15 is 0 Å². The maximum Gasteiger partial charge on any atom is 0.287 e. The number of hydrogen-bond donors (Lipinski definition) is 1. The van der Waals surface area contributed by atoms with Crippen molar-refractivity contribution in [3.05, 3.63) is 22.6 Å². The lowest BCUT2D eigenvalue weighted by molar-refractivity contribution is 0.0916. The SMILES string of the molecule is O=C(NCCCOCCBr)c1ccc(Br)o1.